The molecule has 3 heteroatoms. The molecule has 2 aromatic carbocycles. The number of rotatable bonds is 3. The van der Waals surface area contributed by atoms with E-state index in [0.717, 1.165) is 5.56 Å². The van der Waals surface area contributed by atoms with Crippen LogP contribution in [0.5, 0.6) is 0 Å². The highest BCUT2D eigenvalue weighted by Crippen LogP contribution is 2.31. The van der Waals surface area contributed by atoms with Crippen LogP contribution in [-0.2, 0) is 6.42 Å². The second-order valence-corrected chi connectivity index (χ2v) is 5.13. The molecule has 0 saturated heterocycles. The summed E-state index contributed by atoms with van der Waals surface area (Å²) in [6.07, 6.45) is -0.112. The van der Waals surface area contributed by atoms with E-state index in [2.05, 4.69) is 0 Å². The highest BCUT2D eigenvalue weighted by Gasteiger charge is 2.14. The minimum absolute atomic E-state index is 0.429. The van der Waals surface area contributed by atoms with Gasteiger partial charge in [0.25, 0.3) is 0 Å². The highest BCUT2D eigenvalue weighted by molar-refractivity contribution is 6.42. The topological polar surface area (TPSA) is 20.2 Å². The predicted octanol–water partition coefficient (Wildman–Crippen LogP) is 4.58. The Kier molecular flexibility index (Phi) is 4.28. The molecule has 94 valence electrons. The zero-order valence-corrected chi connectivity index (χ0v) is 11.5. The Morgan fingerprint density at radius 2 is 1.72 bits per heavy atom. The second kappa shape index (κ2) is 5.75. The number of hydrogen-bond donors (Lipinski definition) is 1. The fraction of sp³-hybridized carbons (Fsp3) is 0.200. The van der Waals surface area contributed by atoms with Gasteiger partial charge in [-0.2, -0.15) is 0 Å². The maximum atomic E-state index is 10.2. The molecule has 0 fully saturated rings. The lowest BCUT2D eigenvalue weighted by atomic mass is 10.0. The third-order valence-electron chi connectivity index (χ3n) is 2.89. The summed E-state index contributed by atoms with van der Waals surface area (Å²) < 4.78 is 0. The molecule has 2 rings (SSSR count). The molecule has 0 aliphatic rings. The Morgan fingerprint density at radius 3 is 2.39 bits per heavy atom. The van der Waals surface area contributed by atoms with E-state index in [9.17, 15) is 5.11 Å². The molecule has 0 amide bonds. The van der Waals surface area contributed by atoms with Crippen molar-refractivity contribution < 1.29 is 5.11 Å². The van der Waals surface area contributed by atoms with Crippen molar-refractivity contribution in [3.05, 3.63) is 69.2 Å². The van der Waals surface area contributed by atoms with Crippen molar-refractivity contribution in [2.75, 3.05) is 0 Å². The predicted molar refractivity (Wildman–Crippen MR) is 76.3 cm³/mol. The summed E-state index contributed by atoms with van der Waals surface area (Å²) in [5.74, 6) is 0. The van der Waals surface area contributed by atoms with Crippen LogP contribution in [0.4, 0.5) is 0 Å². The van der Waals surface area contributed by atoms with Crippen LogP contribution in [0.1, 0.15) is 22.8 Å². The SMILES string of the molecule is Cc1ccc(CC(O)c2cccc(Cl)c2Cl)cc1. The van der Waals surface area contributed by atoms with Gasteiger partial charge in [0.1, 0.15) is 0 Å². The van der Waals surface area contributed by atoms with Crippen molar-refractivity contribution in [2.24, 2.45) is 0 Å². The van der Waals surface area contributed by atoms with Gasteiger partial charge in [0.15, 0.2) is 0 Å². The quantitative estimate of drug-likeness (QED) is 0.873. The van der Waals surface area contributed by atoms with Crippen LogP contribution in [0, 0.1) is 6.92 Å². The molecule has 2 aromatic rings. The minimum atomic E-state index is -0.640. The van der Waals surface area contributed by atoms with Crippen LogP contribution in [-0.4, -0.2) is 5.11 Å². The van der Waals surface area contributed by atoms with Crippen LogP contribution >= 0.6 is 23.2 Å². The summed E-state index contributed by atoms with van der Waals surface area (Å²) in [4.78, 5) is 0. The van der Waals surface area contributed by atoms with Gasteiger partial charge in [-0.25, -0.2) is 0 Å². The van der Waals surface area contributed by atoms with Crippen molar-refractivity contribution >= 4 is 23.2 Å². The third-order valence-corrected chi connectivity index (χ3v) is 3.72. The number of benzene rings is 2. The summed E-state index contributed by atoms with van der Waals surface area (Å²) in [7, 11) is 0. The summed E-state index contributed by atoms with van der Waals surface area (Å²) in [6, 6.07) is 13.4. The normalized spacial score (nSPS) is 12.4. The number of halogens is 2. The fourth-order valence-electron chi connectivity index (χ4n) is 1.84. The van der Waals surface area contributed by atoms with Crippen molar-refractivity contribution in [3.63, 3.8) is 0 Å². The molecule has 0 radical (unpaired) electrons. The van der Waals surface area contributed by atoms with Gasteiger partial charge in [0.2, 0.25) is 0 Å². The van der Waals surface area contributed by atoms with E-state index in [1.54, 1.807) is 18.2 Å². The molecular weight excluding hydrogens is 267 g/mol. The van der Waals surface area contributed by atoms with Crippen LogP contribution in [0.25, 0.3) is 0 Å². The molecule has 1 N–H and O–H groups in total. The Bertz CT molecular complexity index is 535. The molecule has 1 nitrogen and oxygen atoms in total. The molecular formula is C15H14Cl2O. The Labute approximate surface area is 117 Å². The van der Waals surface area contributed by atoms with E-state index in [1.165, 1.54) is 5.56 Å². The molecule has 0 aliphatic heterocycles. The average Bonchev–Trinajstić information content (AvgIpc) is 2.35. The standard InChI is InChI=1S/C15H14Cl2O/c1-10-5-7-11(8-6-10)9-14(18)12-3-2-4-13(16)15(12)17/h2-8,14,18H,9H2,1H3. The molecule has 0 aromatic heterocycles. The number of hydrogen-bond acceptors (Lipinski definition) is 1. The van der Waals surface area contributed by atoms with Gasteiger partial charge in [0, 0.05) is 12.0 Å². The van der Waals surface area contributed by atoms with Crippen molar-refractivity contribution in [1.82, 2.24) is 0 Å². The highest BCUT2D eigenvalue weighted by atomic mass is 35.5. The zero-order valence-electron chi connectivity index (χ0n) is 10.0. The summed E-state index contributed by atoms with van der Waals surface area (Å²) in [6.45, 7) is 2.04. The van der Waals surface area contributed by atoms with Crippen LogP contribution in [0.15, 0.2) is 42.5 Å². The van der Waals surface area contributed by atoms with Crippen molar-refractivity contribution in [1.29, 1.82) is 0 Å². The smallest absolute Gasteiger partial charge is 0.0845 e. The van der Waals surface area contributed by atoms with E-state index in [0.29, 0.717) is 22.0 Å². The Balaban J connectivity index is 2.19. The number of aliphatic hydroxyl groups excluding tert-OH is 1. The molecule has 0 heterocycles. The summed E-state index contributed by atoms with van der Waals surface area (Å²) >= 11 is 12.0. The monoisotopic (exact) mass is 280 g/mol. The second-order valence-electron chi connectivity index (χ2n) is 4.35. The fourth-order valence-corrected chi connectivity index (χ4v) is 2.27. The largest absolute Gasteiger partial charge is 0.388 e. The molecule has 1 unspecified atom stereocenters. The molecule has 1 atom stereocenters. The first-order chi connectivity index (χ1) is 8.58. The lowest BCUT2D eigenvalue weighted by molar-refractivity contribution is 0.178. The van der Waals surface area contributed by atoms with Gasteiger partial charge in [-0.1, -0.05) is 65.2 Å². The van der Waals surface area contributed by atoms with Crippen molar-refractivity contribution in [2.45, 2.75) is 19.4 Å². The molecule has 0 bridgehead atoms. The van der Waals surface area contributed by atoms with Gasteiger partial charge >= 0.3 is 0 Å². The van der Waals surface area contributed by atoms with Crippen LogP contribution in [0.2, 0.25) is 10.0 Å². The Morgan fingerprint density at radius 1 is 1.06 bits per heavy atom. The van der Waals surface area contributed by atoms with Crippen molar-refractivity contribution in [3.8, 4) is 0 Å². The number of aliphatic hydroxyl groups is 1. The van der Waals surface area contributed by atoms with Crippen LogP contribution < -0.4 is 0 Å². The summed E-state index contributed by atoms with van der Waals surface area (Å²) in [5.41, 5.74) is 2.95. The zero-order chi connectivity index (χ0) is 13.1. The molecule has 0 saturated carbocycles. The van der Waals surface area contributed by atoms with Crippen LogP contribution in [0.3, 0.4) is 0 Å². The third kappa shape index (κ3) is 3.05. The van der Waals surface area contributed by atoms with E-state index in [1.807, 2.05) is 31.2 Å². The van der Waals surface area contributed by atoms with E-state index < -0.39 is 6.10 Å². The number of aryl methyl sites for hydroxylation is 1. The molecule has 0 aliphatic carbocycles. The lowest BCUT2D eigenvalue weighted by Gasteiger charge is -2.13. The van der Waals surface area contributed by atoms with Gasteiger partial charge in [-0.3, -0.25) is 0 Å². The maximum Gasteiger partial charge on any atom is 0.0845 e. The molecule has 0 spiro atoms. The first kappa shape index (κ1) is 13.4. The van der Waals surface area contributed by atoms with Gasteiger partial charge in [-0.05, 0) is 18.6 Å². The van der Waals surface area contributed by atoms with Gasteiger partial charge < -0.3 is 5.11 Å². The first-order valence-electron chi connectivity index (χ1n) is 5.75. The van der Waals surface area contributed by atoms with E-state index >= 15 is 0 Å². The lowest BCUT2D eigenvalue weighted by Crippen LogP contribution is -2.02. The molecule has 18 heavy (non-hydrogen) atoms. The summed E-state index contributed by atoms with van der Waals surface area (Å²) in [5, 5.41) is 11.1. The first-order valence-corrected chi connectivity index (χ1v) is 6.51. The average molecular weight is 281 g/mol. The Hall–Kier alpha value is -1.02. The van der Waals surface area contributed by atoms with Gasteiger partial charge in [-0.15, -0.1) is 0 Å². The maximum absolute atomic E-state index is 10.2. The van der Waals surface area contributed by atoms with E-state index in [4.69, 9.17) is 23.2 Å². The van der Waals surface area contributed by atoms with Gasteiger partial charge in [0.05, 0.1) is 16.1 Å². The minimum Gasteiger partial charge on any atom is -0.388 e. The van der Waals surface area contributed by atoms with E-state index in [-0.39, 0.29) is 0 Å².